The van der Waals surface area contributed by atoms with Gasteiger partial charge in [-0.15, -0.1) is 0 Å². The molecule has 1 aromatic carbocycles. The molecule has 0 saturated carbocycles. The molecule has 0 aliphatic carbocycles. The highest BCUT2D eigenvalue weighted by molar-refractivity contribution is 5.90. The molecular weight excluding hydrogens is 422 g/mol. The predicted molar refractivity (Wildman–Crippen MR) is 126 cm³/mol. The zero-order chi connectivity index (χ0) is 23.6. The summed E-state index contributed by atoms with van der Waals surface area (Å²) in [5.41, 5.74) is 4.06. The number of hydrogen-bond donors (Lipinski definition) is 0. The lowest BCUT2D eigenvalue weighted by atomic mass is 10.1. The summed E-state index contributed by atoms with van der Waals surface area (Å²) in [5.74, 6) is -1.27. The minimum atomic E-state index is -0.650. The van der Waals surface area contributed by atoms with Crippen LogP contribution in [-0.4, -0.2) is 33.1 Å². The van der Waals surface area contributed by atoms with E-state index in [0.717, 1.165) is 36.2 Å². The lowest BCUT2D eigenvalue weighted by Gasteiger charge is -2.08. The monoisotopic (exact) mass is 450 g/mol. The molecule has 0 N–H and O–H groups in total. The molecule has 172 valence electrons. The van der Waals surface area contributed by atoms with E-state index >= 15 is 0 Å². The molecule has 0 unspecified atom stereocenters. The van der Waals surface area contributed by atoms with Crippen LogP contribution >= 0.6 is 0 Å². The van der Waals surface area contributed by atoms with Crippen molar-refractivity contribution >= 4 is 11.0 Å². The number of aromatic nitrogens is 4. The summed E-state index contributed by atoms with van der Waals surface area (Å²) in [6.45, 7) is 7.77. The van der Waals surface area contributed by atoms with Crippen molar-refractivity contribution in [1.82, 2.24) is 19.9 Å². The summed E-state index contributed by atoms with van der Waals surface area (Å²) in [7, 11) is 0. The van der Waals surface area contributed by atoms with Crippen LogP contribution in [0.25, 0.3) is 22.3 Å². The Hall–Kier alpha value is -3.32. The van der Waals surface area contributed by atoms with Crippen LogP contribution in [0, 0.1) is 32.4 Å². The van der Waals surface area contributed by atoms with Crippen molar-refractivity contribution < 1.29 is 13.5 Å². The van der Waals surface area contributed by atoms with Crippen LogP contribution in [0.4, 0.5) is 8.78 Å². The van der Waals surface area contributed by atoms with Crippen molar-refractivity contribution in [3.05, 3.63) is 83.6 Å². The van der Waals surface area contributed by atoms with Gasteiger partial charge < -0.3 is 4.74 Å². The largest absolute Gasteiger partial charge is 0.381 e. The van der Waals surface area contributed by atoms with Gasteiger partial charge in [-0.25, -0.2) is 23.7 Å². The minimum absolute atomic E-state index is 0.240. The van der Waals surface area contributed by atoms with Crippen LogP contribution in [0.15, 0.2) is 55.0 Å². The second kappa shape index (κ2) is 12.1. The smallest absolute Gasteiger partial charge is 0.163 e. The maximum Gasteiger partial charge on any atom is 0.163 e. The fourth-order valence-electron chi connectivity index (χ4n) is 3.21. The van der Waals surface area contributed by atoms with Gasteiger partial charge in [0.1, 0.15) is 18.0 Å². The number of aryl methyl sites for hydroxylation is 3. The normalized spacial score (nSPS) is 12.9. The second-order valence-electron chi connectivity index (χ2n) is 7.75. The van der Waals surface area contributed by atoms with Gasteiger partial charge in [-0.1, -0.05) is 6.07 Å². The van der Waals surface area contributed by atoms with E-state index in [1.807, 2.05) is 45.0 Å². The van der Waals surface area contributed by atoms with E-state index in [9.17, 15) is 8.78 Å². The van der Waals surface area contributed by atoms with Gasteiger partial charge in [0.25, 0.3) is 0 Å². The fourth-order valence-corrected chi connectivity index (χ4v) is 3.21. The Bertz CT molecular complexity index is 1170. The fraction of sp³-hybridized carbons (Fsp3) is 0.308. The van der Waals surface area contributed by atoms with Crippen molar-refractivity contribution in [2.75, 3.05) is 13.2 Å². The van der Waals surface area contributed by atoms with Crippen molar-refractivity contribution in [3.8, 4) is 11.3 Å². The molecule has 0 bridgehead atoms. The molecule has 3 aromatic heterocycles. The third kappa shape index (κ3) is 7.08. The van der Waals surface area contributed by atoms with Gasteiger partial charge in [-0.05, 0) is 75.9 Å². The van der Waals surface area contributed by atoms with E-state index in [-0.39, 0.29) is 5.56 Å². The second-order valence-corrected chi connectivity index (χ2v) is 7.75. The van der Waals surface area contributed by atoms with E-state index in [1.165, 1.54) is 37.7 Å². The number of nitrogens with zero attached hydrogens (tertiary/aromatic N) is 4. The van der Waals surface area contributed by atoms with Crippen LogP contribution in [0.5, 0.6) is 0 Å². The van der Waals surface area contributed by atoms with Crippen molar-refractivity contribution in [1.29, 1.82) is 0 Å². The number of fused-ring (bicyclic) bond motifs is 1. The SMILES string of the molecule is C1CCOCC1.Cc1cc2c(-c3ccc(F)cc3F)ncnc2nc1C.Cc1ccccn1. The molecule has 33 heavy (non-hydrogen) atoms. The third-order valence-electron chi connectivity index (χ3n) is 5.14. The van der Waals surface area contributed by atoms with Gasteiger partial charge in [0.15, 0.2) is 5.65 Å². The van der Waals surface area contributed by atoms with Gasteiger partial charge in [0, 0.05) is 47.8 Å². The average molecular weight is 451 g/mol. The maximum atomic E-state index is 13.9. The van der Waals surface area contributed by atoms with Crippen LogP contribution < -0.4 is 0 Å². The van der Waals surface area contributed by atoms with Gasteiger partial charge >= 0.3 is 0 Å². The lowest BCUT2D eigenvalue weighted by molar-refractivity contribution is 0.0968. The highest BCUT2D eigenvalue weighted by atomic mass is 19.1. The first-order chi connectivity index (χ1) is 16.0. The topological polar surface area (TPSA) is 60.8 Å². The quantitative estimate of drug-likeness (QED) is 0.347. The molecule has 1 saturated heterocycles. The highest BCUT2D eigenvalue weighted by Gasteiger charge is 2.13. The van der Waals surface area contributed by atoms with E-state index in [1.54, 1.807) is 6.20 Å². The Balaban J connectivity index is 0.000000191. The first-order valence-electron chi connectivity index (χ1n) is 11.0. The average Bonchev–Trinajstić information content (AvgIpc) is 2.82. The van der Waals surface area contributed by atoms with Gasteiger partial charge in [0.05, 0.1) is 5.69 Å². The number of halogens is 2. The zero-order valence-corrected chi connectivity index (χ0v) is 19.2. The van der Waals surface area contributed by atoms with E-state index in [4.69, 9.17) is 4.74 Å². The first kappa shape index (κ1) is 24.3. The number of rotatable bonds is 1. The lowest BCUT2D eigenvalue weighted by Crippen LogP contribution is -2.03. The molecule has 1 aliphatic rings. The highest BCUT2D eigenvalue weighted by Crippen LogP contribution is 2.28. The van der Waals surface area contributed by atoms with E-state index < -0.39 is 11.6 Å². The molecule has 4 heterocycles. The summed E-state index contributed by atoms with van der Waals surface area (Å²) in [4.78, 5) is 16.6. The van der Waals surface area contributed by atoms with Crippen LogP contribution in [0.3, 0.4) is 0 Å². The number of benzene rings is 1. The molecule has 5 rings (SSSR count). The summed E-state index contributed by atoms with van der Waals surface area (Å²) >= 11 is 0. The third-order valence-corrected chi connectivity index (χ3v) is 5.14. The molecule has 0 atom stereocenters. The Morgan fingerprint density at radius 1 is 0.848 bits per heavy atom. The van der Waals surface area contributed by atoms with Crippen LogP contribution in [0.2, 0.25) is 0 Å². The van der Waals surface area contributed by atoms with Crippen molar-refractivity contribution in [2.45, 2.75) is 40.0 Å². The Morgan fingerprint density at radius 2 is 1.64 bits per heavy atom. The van der Waals surface area contributed by atoms with Crippen LogP contribution in [0.1, 0.15) is 36.2 Å². The first-order valence-corrected chi connectivity index (χ1v) is 11.0. The molecule has 4 aromatic rings. The molecule has 1 fully saturated rings. The molecule has 0 spiro atoms. The molecule has 0 amide bonds. The standard InChI is InChI=1S/C15H11F2N3.C6H7N.C5H10O/c1-8-5-12-14(11-4-3-10(16)6-13(11)17)18-7-19-15(12)20-9(8)2;1-6-4-2-3-5-7-6;1-2-4-6-5-3-1/h3-7H,1-2H3;2-5H,1H3;1-5H2. The van der Waals surface area contributed by atoms with Crippen LogP contribution in [-0.2, 0) is 4.74 Å². The molecule has 0 radical (unpaired) electrons. The number of hydrogen-bond acceptors (Lipinski definition) is 5. The summed E-state index contributed by atoms with van der Waals surface area (Å²) < 4.78 is 32.0. The molecule has 5 nitrogen and oxygen atoms in total. The van der Waals surface area contributed by atoms with Gasteiger partial charge in [-0.2, -0.15) is 0 Å². The molecular formula is C26H28F2N4O. The number of ether oxygens (including phenoxy) is 1. The zero-order valence-electron chi connectivity index (χ0n) is 19.2. The van der Waals surface area contributed by atoms with E-state index in [0.29, 0.717) is 16.7 Å². The summed E-state index contributed by atoms with van der Waals surface area (Å²) in [5, 5.41) is 0.654. The Morgan fingerprint density at radius 3 is 2.18 bits per heavy atom. The van der Waals surface area contributed by atoms with E-state index in [2.05, 4.69) is 19.9 Å². The molecule has 7 heteroatoms. The Kier molecular flexibility index (Phi) is 8.89. The Labute approximate surface area is 192 Å². The van der Waals surface area contributed by atoms with Gasteiger partial charge in [-0.3, -0.25) is 4.98 Å². The van der Waals surface area contributed by atoms with Crippen molar-refractivity contribution in [2.24, 2.45) is 0 Å². The predicted octanol–water partition coefficient (Wildman–Crippen LogP) is 6.16. The maximum absolute atomic E-state index is 13.9. The van der Waals surface area contributed by atoms with Crippen molar-refractivity contribution in [3.63, 3.8) is 0 Å². The minimum Gasteiger partial charge on any atom is -0.381 e. The van der Waals surface area contributed by atoms with Gasteiger partial charge in [0.2, 0.25) is 0 Å². The number of pyridine rings is 2. The summed E-state index contributed by atoms with van der Waals surface area (Å²) in [6.07, 6.45) is 7.05. The summed E-state index contributed by atoms with van der Waals surface area (Å²) in [6, 6.07) is 11.2. The molecule has 1 aliphatic heterocycles.